The molecule has 0 aliphatic carbocycles. The minimum atomic E-state index is 0.870. The molecular weight excluding hydrogens is 246 g/mol. The summed E-state index contributed by atoms with van der Waals surface area (Å²) in [7, 11) is 1.71. The van der Waals surface area contributed by atoms with Crippen LogP contribution in [0.15, 0.2) is 42.5 Å². The molecule has 0 saturated heterocycles. The van der Waals surface area contributed by atoms with Gasteiger partial charge in [-0.05, 0) is 54.3 Å². The maximum Gasteiger partial charge on any atom is 0.119 e. The molecule has 2 rings (SSSR count). The van der Waals surface area contributed by atoms with Crippen LogP contribution in [0.3, 0.4) is 0 Å². The van der Waals surface area contributed by atoms with E-state index in [4.69, 9.17) is 4.74 Å². The zero-order valence-corrected chi connectivity index (χ0v) is 12.6. The molecule has 2 aromatic rings. The second kappa shape index (κ2) is 7.11. The van der Waals surface area contributed by atoms with Crippen LogP contribution in [-0.2, 0) is 6.54 Å². The summed E-state index contributed by atoms with van der Waals surface area (Å²) >= 11 is 0. The van der Waals surface area contributed by atoms with E-state index in [1.165, 1.54) is 22.3 Å². The van der Waals surface area contributed by atoms with Crippen molar-refractivity contribution in [3.8, 4) is 16.9 Å². The van der Waals surface area contributed by atoms with Crippen LogP contribution in [0.25, 0.3) is 11.1 Å². The van der Waals surface area contributed by atoms with Crippen LogP contribution < -0.4 is 10.1 Å². The Kier molecular flexibility index (Phi) is 5.19. The minimum Gasteiger partial charge on any atom is -0.497 e. The van der Waals surface area contributed by atoms with Gasteiger partial charge in [-0.15, -0.1) is 0 Å². The molecule has 0 radical (unpaired) electrons. The highest BCUT2D eigenvalue weighted by Crippen LogP contribution is 2.29. The van der Waals surface area contributed by atoms with E-state index in [2.05, 4.69) is 55.6 Å². The lowest BCUT2D eigenvalue weighted by atomic mass is 9.95. The van der Waals surface area contributed by atoms with E-state index in [0.717, 1.165) is 25.3 Å². The molecule has 2 aromatic carbocycles. The molecule has 0 unspecified atom stereocenters. The number of hydrogen-bond acceptors (Lipinski definition) is 2. The van der Waals surface area contributed by atoms with Crippen LogP contribution in [0, 0.1) is 6.92 Å². The summed E-state index contributed by atoms with van der Waals surface area (Å²) in [5, 5.41) is 3.48. The van der Waals surface area contributed by atoms with Crippen LogP contribution in [0.4, 0.5) is 0 Å². The molecule has 0 bridgehead atoms. The van der Waals surface area contributed by atoms with Crippen molar-refractivity contribution in [1.29, 1.82) is 0 Å². The third-order valence-corrected chi connectivity index (χ3v) is 3.49. The highest BCUT2D eigenvalue weighted by atomic mass is 16.5. The van der Waals surface area contributed by atoms with Crippen LogP contribution in [0.5, 0.6) is 5.75 Å². The van der Waals surface area contributed by atoms with Gasteiger partial charge < -0.3 is 10.1 Å². The quantitative estimate of drug-likeness (QED) is 0.795. The van der Waals surface area contributed by atoms with E-state index in [0.29, 0.717) is 0 Å². The first-order chi connectivity index (χ1) is 9.76. The Hall–Kier alpha value is -1.80. The highest BCUT2D eigenvalue weighted by molar-refractivity contribution is 5.71. The lowest BCUT2D eigenvalue weighted by Crippen LogP contribution is -2.14. The van der Waals surface area contributed by atoms with Gasteiger partial charge in [-0.3, -0.25) is 0 Å². The number of aryl methyl sites for hydroxylation is 1. The van der Waals surface area contributed by atoms with Crippen molar-refractivity contribution in [1.82, 2.24) is 5.32 Å². The van der Waals surface area contributed by atoms with E-state index in [1.807, 2.05) is 6.07 Å². The maximum absolute atomic E-state index is 5.35. The van der Waals surface area contributed by atoms with Crippen molar-refractivity contribution >= 4 is 0 Å². The van der Waals surface area contributed by atoms with Gasteiger partial charge in [-0.2, -0.15) is 0 Å². The summed E-state index contributed by atoms with van der Waals surface area (Å²) in [5.74, 6) is 0.913. The van der Waals surface area contributed by atoms with Crippen molar-refractivity contribution in [3.05, 3.63) is 53.6 Å². The van der Waals surface area contributed by atoms with E-state index < -0.39 is 0 Å². The molecule has 0 fully saturated rings. The Balaban J connectivity index is 2.38. The van der Waals surface area contributed by atoms with E-state index >= 15 is 0 Å². The lowest BCUT2D eigenvalue weighted by Gasteiger charge is -2.14. The predicted molar refractivity (Wildman–Crippen MR) is 85.2 cm³/mol. The van der Waals surface area contributed by atoms with Gasteiger partial charge in [0.05, 0.1) is 7.11 Å². The summed E-state index contributed by atoms with van der Waals surface area (Å²) in [6.45, 7) is 6.24. The fraction of sp³-hybridized carbons (Fsp3) is 0.333. The molecule has 0 amide bonds. The van der Waals surface area contributed by atoms with Gasteiger partial charge in [0.2, 0.25) is 0 Å². The zero-order valence-electron chi connectivity index (χ0n) is 12.6. The number of rotatable bonds is 6. The second-order valence-electron chi connectivity index (χ2n) is 5.01. The molecule has 20 heavy (non-hydrogen) atoms. The highest BCUT2D eigenvalue weighted by Gasteiger charge is 2.08. The normalized spacial score (nSPS) is 10.6. The Bertz CT molecular complexity index is 563. The van der Waals surface area contributed by atoms with Gasteiger partial charge in [-0.1, -0.05) is 37.3 Å². The van der Waals surface area contributed by atoms with Crippen LogP contribution in [-0.4, -0.2) is 13.7 Å². The molecular formula is C18H23NO. The van der Waals surface area contributed by atoms with Gasteiger partial charge in [0, 0.05) is 6.54 Å². The molecule has 2 heteroatoms. The molecule has 2 nitrogen and oxygen atoms in total. The van der Waals surface area contributed by atoms with Gasteiger partial charge in [0.1, 0.15) is 5.75 Å². The summed E-state index contributed by atoms with van der Waals surface area (Å²) in [6.07, 6.45) is 1.14. The van der Waals surface area contributed by atoms with Crippen LogP contribution >= 0.6 is 0 Å². The van der Waals surface area contributed by atoms with Gasteiger partial charge in [0.25, 0.3) is 0 Å². The average Bonchev–Trinajstić information content (AvgIpc) is 2.48. The molecule has 0 saturated carbocycles. The Labute approximate surface area is 121 Å². The Morgan fingerprint density at radius 2 is 1.85 bits per heavy atom. The molecule has 106 valence electrons. The first-order valence-corrected chi connectivity index (χ1v) is 7.20. The predicted octanol–water partition coefficient (Wildman–Crippen LogP) is 4.17. The molecule has 0 aromatic heterocycles. The first kappa shape index (κ1) is 14.6. The van der Waals surface area contributed by atoms with Crippen molar-refractivity contribution in [2.24, 2.45) is 0 Å². The second-order valence-corrected chi connectivity index (χ2v) is 5.01. The van der Waals surface area contributed by atoms with Crippen LogP contribution in [0.2, 0.25) is 0 Å². The summed E-state index contributed by atoms with van der Waals surface area (Å²) in [6, 6.07) is 14.8. The fourth-order valence-corrected chi connectivity index (χ4v) is 2.38. The maximum atomic E-state index is 5.35. The smallest absolute Gasteiger partial charge is 0.119 e. The zero-order chi connectivity index (χ0) is 14.4. The molecule has 0 heterocycles. The van der Waals surface area contributed by atoms with E-state index in [9.17, 15) is 0 Å². The largest absolute Gasteiger partial charge is 0.497 e. The standard InChI is InChI=1S/C18H23NO/c1-4-11-19-13-15-12-16(20-3)9-10-18(15)17-8-6-5-7-14(17)2/h5-10,12,19H,4,11,13H2,1-3H3. The van der Waals surface area contributed by atoms with Gasteiger partial charge in [-0.25, -0.2) is 0 Å². The molecule has 0 aliphatic rings. The number of methoxy groups -OCH3 is 1. The van der Waals surface area contributed by atoms with Gasteiger partial charge >= 0.3 is 0 Å². The summed E-state index contributed by atoms with van der Waals surface area (Å²) < 4.78 is 5.35. The summed E-state index contributed by atoms with van der Waals surface area (Å²) in [5.41, 5.74) is 5.16. The number of benzene rings is 2. The molecule has 0 atom stereocenters. The Morgan fingerprint density at radius 1 is 1.05 bits per heavy atom. The number of nitrogens with one attached hydrogen (secondary N) is 1. The monoisotopic (exact) mass is 269 g/mol. The topological polar surface area (TPSA) is 21.3 Å². The van der Waals surface area contributed by atoms with Crippen molar-refractivity contribution in [2.45, 2.75) is 26.8 Å². The minimum absolute atomic E-state index is 0.870. The third kappa shape index (κ3) is 3.40. The summed E-state index contributed by atoms with van der Waals surface area (Å²) in [4.78, 5) is 0. The third-order valence-electron chi connectivity index (χ3n) is 3.49. The average molecular weight is 269 g/mol. The van der Waals surface area contributed by atoms with Crippen molar-refractivity contribution in [2.75, 3.05) is 13.7 Å². The number of hydrogen-bond donors (Lipinski definition) is 1. The van der Waals surface area contributed by atoms with Crippen LogP contribution in [0.1, 0.15) is 24.5 Å². The molecule has 0 aliphatic heterocycles. The Morgan fingerprint density at radius 3 is 2.55 bits per heavy atom. The fourth-order valence-electron chi connectivity index (χ4n) is 2.38. The lowest BCUT2D eigenvalue weighted by molar-refractivity contribution is 0.414. The van der Waals surface area contributed by atoms with E-state index in [1.54, 1.807) is 7.11 Å². The van der Waals surface area contributed by atoms with Gasteiger partial charge in [0.15, 0.2) is 0 Å². The molecule has 1 N–H and O–H groups in total. The van der Waals surface area contributed by atoms with E-state index in [-0.39, 0.29) is 0 Å². The molecule has 0 spiro atoms. The number of ether oxygens (including phenoxy) is 1. The first-order valence-electron chi connectivity index (χ1n) is 7.20. The van der Waals surface area contributed by atoms with Crippen molar-refractivity contribution < 1.29 is 4.74 Å². The van der Waals surface area contributed by atoms with Crippen molar-refractivity contribution in [3.63, 3.8) is 0 Å². The SMILES string of the molecule is CCCNCc1cc(OC)ccc1-c1ccccc1C.